The van der Waals surface area contributed by atoms with Crippen molar-refractivity contribution < 1.29 is 21.9 Å². The molecule has 2 aliphatic rings. The van der Waals surface area contributed by atoms with Gasteiger partial charge in [-0.2, -0.15) is 4.31 Å². The van der Waals surface area contributed by atoms with Crippen LogP contribution >= 0.6 is 0 Å². The van der Waals surface area contributed by atoms with Crippen LogP contribution in [0.5, 0.6) is 0 Å². The van der Waals surface area contributed by atoms with Gasteiger partial charge >= 0.3 is 0 Å². The minimum Gasteiger partial charge on any atom is -0.383 e. The standard InChI is InChI=1S/C29H32F2N2O3S/c1-20-8-3-4-11-27(20)37(34,35)32-16-5-6-17-33-25(18-32)28(26(33)19-36-2)22-14-12-21(13-15-22)23-9-7-10-24(30)29(23)31/h3-4,7-15,25-26,28H,5-6,16-19H2,1-2H3/t25-,26+,28?/m0/s1. The van der Waals surface area contributed by atoms with Crippen LogP contribution in [-0.2, 0) is 14.8 Å². The maximum Gasteiger partial charge on any atom is 0.243 e. The first kappa shape index (κ1) is 26.0. The number of ether oxygens (including phenoxy) is 1. The molecule has 1 unspecified atom stereocenters. The normalized spacial score (nSPS) is 23.1. The third-order valence-electron chi connectivity index (χ3n) is 7.75. The zero-order valence-corrected chi connectivity index (χ0v) is 21.9. The van der Waals surface area contributed by atoms with Crippen molar-refractivity contribution in [3.8, 4) is 11.1 Å². The Kier molecular flexibility index (Phi) is 7.45. The second-order valence-electron chi connectivity index (χ2n) is 9.91. The molecule has 2 heterocycles. The monoisotopic (exact) mass is 526 g/mol. The van der Waals surface area contributed by atoms with Crippen LogP contribution in [0, 0.1) is 18.6 Å². The van der Waals surface area contributed by atoms with Crippen molar-refractivity contribution in [1.82, 2.24) is 9.21 Å². The third kappa shape index (κ3) is 4.83. The van der Waals surface area contributed by atoms with Crippen molar-refractivity contribution in [3.05, 3.63) is 89.5 Å². The maximum absolute atomic E-state index is 14.4. The highest BCUT2D eigenvalue weighted by molar-refractivity contribution is 7.89. The van der Waals surface area contributed by atoms with E-state index in [9.17, 15) is 17.2 Å². The zero-order valence-electron chi connectivity index (χ0n) is 21.1. The van der Waals surface area contributed by atoms with Crippen molar-refractivity contribution in [2.75, 3.05) is 33.4 Å². The van der Waals surface area contributed by atoms with Crippen molar-refractivity contribution >= 4 is 10.0 Å². The van der Waals surface area contributed by atoms with E-state index in [-0.39, 0.29) is 23.6 Å². The second kappa shape index (κ2) is 10.6. The smallest absolute Gasteiger partial charge is 0.243 e. The molecular weight excluding hydrogens is 494 g/mol. The molecule has 0 aliphatic carbocycles. The lowest BCUT2D eigenvalue weighted by Crippen LogP contribution is -2.68. The predicted octanol–water partition coefficient (Wildman–Crippen LogP) is 5.21. The summed E-state index contributed by atoms with van der Waals surface area (Å²) in [5, 5.41) is 0. The molecule has 0 amide bonds. The summed E-state index contributed by atoms with van der Waals surface area (Å²) in [5.74, 6) is -1.68. The lowest BCUT2D eigenvalue weighted by atomic mass is 9.74. The topological polar surface area (TPSA) is 49.9 Å². The number of hydrogen-bond acceptors (Lipinski definition) is 4. The number of halogens is 2. The highest BCUT2D eigenvalue weighted by Gasteiger charge is 2.50. The van der Waals surface area contributed by atoms with Gasteiger partial charge in [-0.15, -0.1) is 0 Å². The molecule has 5 nitrogen and oxygen atoms in total. The number of rotatable bonds is 6. The molecule has 3 atom stereocenters. The van der Waals surface area contributed by atoms with E-state index < -0.39 is 21.7 Å². The van der Waals surface area contributed by atoms with Crippen LogP contribution in [0.3, 0.4) is 0 Å². The fraction of sp³-hybridized carbons (Fsp3) is 0.379. The fourth-order valence-corrected chi connectivity index (χ4v) is 7.60. The molecule has 0 radical (unpaired) electrons. The van der Waals surface area contributed by atoms with E-state index in [4.69, 9.17) is 4.74 Å². The van der Waals surface area contributed by atoms with E-state index in [1.165, 1.54) is 6.07 Å². The Morgan fingerprint density at radius 2 is 1.68 bits per heavy atom. The van der Waals surface area contributed by atoms with Gasteiger partial charge in [0.05, 0.1) is 11.5 Å². The quantitative estimate of drug-likeness (QED) is 0.443. The molecule has 3 aromatic carbocycles. The van der Waals surface area contributed by atoms with Gasteiger partial charge in [0.1, 0.15) is 0 Å². The van der Waals surface area contributed by atoms with Gasteiger partial charge in [0.25, 0.3) is 0 Å². The van der Waals surface area contributed by atoms with Crippen LogP contribution in [0.1, 0.15) is 29.9 Å². The number of nitrogens with zero attached hydrogens (tertiary/aromatic N) is 2. The first-order valence-electron chi connectivity index (χ1n) is 12.7. The Hall–Kier alpha value is -2.65. The Morgan fingerprint density at radius 1 is 0.946 bits per heavy atom. The van der Waals surface area contributed by atoms with E-state index >= 15 is 0 Å². The Balaban J connectivity index is 1.46. The SMILES string of the molecule is COC[C@@H]1C(c2ccc(-c3cccc(F)c3F)cc2)[C@@H]2CN(S(=O)(=O)c3ccccc3C)CCCCN12. The van der Waals surface area contributed by atoms with Crippen molar-refractivity contribution in [3.63, 3.8) is 0 Å². The van der Waals surface area contributed by atoms with Crippen molar-refractivity contribution in [1.29, 1.82) is 0 Å². The van der Waals surface area contributed by atoms with Crippen LogP contribution in [0.25, 0.3) is 11.1 Å². The largest absolute Gasteiger partial charge is 0.383 e. The number of hydrogen-bond donors (Lipinski definition) is 0. The molecule has 0 spiro atoms. The predicted molar refractivity (Wildman–Crippen MR) is 140 cm³/mol. The van der Waals surface area contributed by atoms with Crippen molar-refractivity contribution in [2.24, 2.45) is 0 Å². The third-order valence-corrected chi connectivity index (χ3v) is 9.78. The molecule has 2 saturated heterocycles. The summed E-state index contributed by atoms with van der Waals surface area (Å²) in [4.78, 5) is 2.72. The van der Waals surface area contributed by atoms with Crippen molar-refractivity contribution in [2.45, 2.75) is 42.7 Å². The molecule has 3 aromatic rings. The number of benzene rings is 3. The molecule has 2 aliphatic heterocycles. The molecule has 0 N–H and O–H groups in total. The molecule has 196 valence electrons. The van der Waals surface area contributed by atoms with Crippen LogP contribution in [-0.4, -0.2) is 63.1 Å². The fourth-order valence-electron chi connectivity index (χ4n) is 5.88. The number of fused-ring (bicyclic) bond motifs is 1. The first-order chi connectivity index (χ1) is 17.8. The van der Waals surface area contributed by atoms with E-state index in [1.54, 1.807) is 29.6 Å². The summed E-state index contributed by atoms with van der Waals surface area (Å²) in [6, 6.07) is 18.9. The molecule has 5 rings (SSSR count). The van der Waals surface area contributed by atoms with Gasteiger partial charge in [-0.25, -0.2) is 17.2 Å². The van der Waals surface area contributed by atoms with Gasteiger partial charge in [-0.1, -0.05) is 54.6 Å². The van der Waals surface area contributed by atoms with Gasteiger partial charge in [0.15, 0.2) is 11.6 Å². The maximum atomic E-state index is 14.4. The van der Waals surface area contributed by atoms with Gasteiger partial charge in [0.2, 0.25) is 10.0 Å². The Morgan fingerprint density at radius 3 is 2.41 bits per heavy atom. The van der Waals surface area contributed by atoms with Gasteiger partial charge < -0.3 is 4.74 Å². The summed E-state index contributed by atoms with van der Waals surface area (Å²) < 4.78 is 62.7. The summed E-state index contributed by atoms with van der Waals surface area (Å²) in [6.07, 6.45) is 1.70. The average Bonchev–Trinajstić information content (AvgIpc) is 2.87. The first-order valence-corrected chi connectivity index (χ1v) is 14.1. The minimum atomic E-state index is -3.64. The molecule has 0 saturated carbocycles. The minimum absolute atomic E-state index is 0.00370. The molecule has 2 fully saturated rings. The number of aryl methyl sites for hydroxylation is 1. The average molecular weight is 527 g/mol. The lowest BCUT2D eigenvalue weighted by molar-refractivity contribution is -0.0635. The van der Waals surface area contributed by atoms with E-state index in [0.717, 1.165) is 36.6 Å². The Bertz CT molecular complexity index is 1360. The molecule has 37 heavy (non-hydrogen) atoms. The highest BCUT2D eigenvalue weighted by atomic mass is 32.2. The number of sulfonamides is 1. The van der Waals surface area contributed by atoms with Gasteiger partial charge in [-0.05, 0) is 55.1 Å². The summed E-state index contributed by atoms with van der Waals surface area (Å²) >= 11 is 0. The van der Waals surface area contributed by atoms with Gasteiger partial charge in [-0.3, -0.25) is 4.90 Å². The molecule has 0 aromatic heterocycles. The Labute approximate surface area is 217 Å². The summed E-state index contributed by atoms with van der Waals surface area (Å²) in [6.45, 7) is 4.13. The lowest BCUT2D eigenvalue weighted by Gasteiger charge is -2.57. The zero-order chi connectivity index (χ0) is 26.2. The molecule has 8 heteroatoms. The van der Waals surface area contributed by atoms with Crippen LogP contribution < -0.4 is 0 Å². The summed E-state index contributed by atoms with van der Waals surface area (Å²) in [5.41, 5.74) is 2.60. The van der Waals surface area contributed by atoms with Crippen LogP contribution in [0.2, 0.25) is 0 Å². The van der Waals surface area contributed by atoms with Gasteiger partial charge in [0, 0.05) is 43.8 Å². The molecule has 0 bridgehead atoms. The second-order valence-corrected chi connectivity index (χ2v) is 11.8. The van der Waals surface area contributed by atoms with Crippen LogP contribution in [0.15, 0.2) is 71.6 Å². The molecular formula is C29H32F2N2O3S. The number of methoxy groups -OCH3 is 1. The summed E-state index contributed by atoms with van der Waals surface area (Å²) in [7, 11) is -1.96. The highest BCUT2D eigenvalue weighted by Crippen LogP contribution is 2.43. The van der Waals surface area contributed by atoms with E-state index in [1.807, 2.05) is 43.3 Å². The van der Waals surface area contributed by atoms with Crippen LogP contribution in [0.4, 0.5) is 8.78 Å². The van der Waals surface area contributed by atoms with E-state index in [0.29, 0.717) is 30.2 Å². The van der Waals surface area contributed by atoms with E-state index in [2.05, 4.69) is 4.90 Å².